The van der Waals surface area contributed by atoms with Crippen LogP contribution in [0.25, 0.3) is 0 Å². The van der Waals surface area contributed by atoms with Crippen molar-refractivity contribution >= 4 is 6.29 Å². The first kappa shape index (κ1) is 15.4. The molecule has 0 aromatic carbocycles. The second-order valence-electron chi connectivity index (χ2n) is 7.49. The van der Waals surface area contributed by atoms with Crippen LogP contribution in [0.4, 0.5) is 0 Å². The van der Waals surface area contributed by atoms with Crippen LogP contribution in [0.5, 0.6) is 0 Å². The van der Waals surface area contributed by atoms with Gasteiger partial charge in [0.05, 0.1) is 13.2 Å². The average molecular weight is 294 g/mol. The van der Waals surface area contributed by atoms with Crippen LogP contribution in [-0.2, 0) is 9.53 Å². The van der Waals surface area contributed by atoms with Crippen molar-refractivity contribution in [3.63, 3.8) is 0 Å². The highest BCUT2D eigenvalue weighted by atomic mass is 16.5. The Morgan fingerprint density at radius 2 is 1.86 bits per heavy atom. The van der Waals surface area contributed by atoms with Crippen LogP contribution < -0.4 is 0 Å². The first-order chi connectivity index (χ1) is 10.2. The highest BCUT2D eigenvalue weighted by Gasteiger charge is 2.38. The van der Waals surface area contributed by atoms with Gasteiger partial charge in [-0.25, -0.2) is 0 Å². The molecule has 1 unspecified atom stereocenters. The van der Waals surface area contributed by atoms with Crippen LogP contribution >= 0.6 is 0 Å². The Morgan fingerprint density at radius 3 is 2.52 bits per heavy atom. The molecule has 4 nitrogen and oxygen atoms in total. The molecule has 120 valence electrons. The number of hydrogen-bond acceptors (Lipinski definition) is 4. The highest BCUT2D eigenvalue weighted by molar-refractivity contribution is 5.60. The molecule has 4 heteroatoms. The summed E-state index contributed by atoms with van der Waals surface area (Å²) in [6.45, 7) is 9.53. The summed E-state index contributed by atoms with van der Waals surface area (Å²) in [5.41, 5.74) is -0.0492. The molecule has 0 spiro atoms. The van der Waals surface area contributed by atoms with E-state index in [4.69, 9.17) is 4.74 Å². The van der Waals surface area contributed by atoms with Gasteiger partial charge in [-0.2, -0.15) is 0 Å². The number of morpholine rings is 1. The summed E-state index contributed by atoms with van der Waals surface area (Å²) in [5.74, 6) is 0.803. The van der Waals surface area contributed by atoms with E-state index in [1.54, 1.807) is 0 Å². The van der Waals surface area contributed by atoms with Gasteiger partial charge in [0.2, 0.25) is 0 Å². The van der Waals surface area contributed by atoms with Crippen LogP contribution in [0.15, 0.2) is 0 Å². The van der Waals surface area contributed by atoms with Crippen molar-refractivity contribution in [2.24, 2.45) is 11.3 Å². The maximum Gasteiger partial charge on any atom is 0.127 e. The summed E-state index contributed by atoms with van der Waals surface area (Å²) in [5, 5.41) is 0. The number of hydrogen-bond donors (Lipinski definition) is 0. The third-order valence-corrected chi connectivity index (χ3v) is 5.87. The molecular formula is C17H30N2O2. The standard InChI is InChI=1S/C17H30N2O2/c1-15-2-5-17(14-20,6-3-15)13-18-7-4-16(12-18)19-8-10-21-11-9-19/h14-16H,2-13H2,1H3. The zero-order chi connectivity index (χ0) is 14.7. The number of carbonyl (C=O) groups excluding carboxylic acids is 1. The molecule has 0 N–H and O–H groups in total. The zero-order valence-electron chi connectivity index (χ0n) is 13.4. The van der Waals surface area contributed by atoms with Crippen molar-refractivity contribution in [3.05, 3.63) is 0 Å². The van der Waals surface area contributed by atoms with Gasteiger partial charge in [0.1, 0.15) is 6.29 Å². The lowest BCUT2D eigenvalue weighted by molar-refractivity contribution is -0.119. The molecule has 0 bridgehead atoms. The highest BCUT2D eigenvalue weighted by Crippen LogP contribution is 2.38. The molecular weight excluding hydrogens is 264 g/mol. The molecule has 0 aromatic heterocycles. The topological polar surface area (TPSA) is 32.8 Å². The van der Waals surface area contributed by atoms with Crippen LogP contribution in [0.3, 0.4) is 0 Å². The minimum absolute atomic E-state index is 0.0492. The predicted molar refractivity (Wildman–Crippen MR) is 83.4 cm³/mol. The fourth-order valence-electron chi connectivity index (χ4n) is 4.29. The van der Waals surface area contributed by atoms with Crippen molar-refractivity contribution in [2.75, 3.05) is 45.9 Å². The lowest BCUT2D eigenvalue weighted by atomic mass is 9.71. The molecule has 0 aromatic rings. The van der Waals surface area contributed by atoms with Gasteiger partial charge in [-0.15, -0.1) is 0 Å². The number of aldehydes is 1. The Labute approximate surface area is 128 Å². The van der Waals surface area contributed by atoms with Gasteiger partial charge in [0, 0.05) is 37.6 Å². The summed E-state index contributed by atoms with van der Waals surface area (Å²) in [6, 6.07) is 0.681. The van der Waals surface area contributed by atoms with Gasteiger partial charge < -0.3 is 14.4 Å². The van der Waals surface area contributed by atoms with E-state index in [9.17, 15) is 4.79 Å². The predicted octanol–water partition coefficient (Wildman–Crippen LogP) is 1.79. The van der Waals surface area contributed by atoms with E-state index in [1.807, 2.05) is 0 Å². The Bertz CT molecular complexity index is 347. The molecule has 3 aliphatic rings. The molecule has 3 rings (SSSR count). The summed E-state index contributed by atoms with van der Waals surface area (Å²) >= 11 is 0. The lowest BCUT2D eigenvalue weighted by Gasteiger charge is -2.38. The summed E-state index contributed by atoms with van der Waals surface area (Å²) < 4.78 is 5.45. The van der Waals surface area contributed by atoms with E-state index in [0.29, 0.717) is 6.04 Å². The first-order valence-electron chi connectivity index (χ1n) is 8.71. The second-order valence-corrected chi connectivity index (χ2v) is 7.49. The van der Waals surface area contributed by atoms with Crippen molar-refractivity contribution < 1.29 is 9.53 Å². The van der Waals surface area contributed by atoms with Crippen LogP contribution in [-0.4, -0.2) is 68.1 Å². The maximum atomic E-state index is 11.7. The van der Waals surface area contributed by atoms with E-state index in [1.165, 1.54) is 25.5 Å². The largest absolute Gasteiger partial charge is 0.379 e. The molecule has 1 atom stereocenters. The van der Waals surface area contributed by atoms with Gasteiger partial charge in [-0.05, 0) is 44.6 Å². The van der Waals surface area contributed by atoms with Crippen molar-refractivity contribution in [1.29, 1.82) is 0 Å². The molecule has 21 heavy (non-hydrogen) atoms. The Hall–Kier alpha value is -0.450. The SMILES string of the molecule is CC1CCC(C=O)(CN2CCC(N3CCOCC3)C2)CC1. The molecule has 2 aliphatic heterocycles. The maximum absolute atomic E-state index is 11.7. The van der Waals surface area contributed by atoms with Crippen molar-refractivity contribution in [2.45, 2.75) is 45.1 Å². The van der Waals surface area contributed by atoms with Gasteiger partial charge >= 0.3 is 0 Å². The van der Waals surface area contributed by atoms with Crippen LogP contribution in [0, 0.1) is 11.3 Å². The lowest BCUT2D eigenvalue weighted by Crippen LogP contribution is -2.46. The number of carbonyl (C=O) groups is 1. The normalized spacial score (nSPS) is 39.5. The molecule has 1 aliphatic carbocycles. The summed E-state index contributed by atoms with van der Waals surface area (Å²) in [4.78, 5) is 16.8. The third kappa shape index (κ3) is 3.66. The molecule has 0 amide bonds. The third-order valence-electron chi connectivity index (χ3n) is 5.87. The van der Waals surface area contributed by atoms with Gasteiger partial charge in [-0.1, -0.05) is 6.92 Å². The molecule has 2 heterocycles. The second kappa shape index (κ2) is 6.76. The van der Waals surface area contributed by atoms with Crippen LogP contribution in [0.1, 0.15) is 39.0 Å². The number of rotatable bonds is 4. The number of ether oxygens (including phenoxy) is 1. The number of likely N-dealkylation sites (tertiary alicyclic amines) is 1. The molecule has 0 radical (unpaired) electrons. The average Bonchev–Trinajstić information content (AvgIpc) is 2.99. The Morgan fingerprint density at radius 1 is 1.14 bits per heavy atom. The van der Waals surface area contributed by atoms with Crippen molar-refractivity contribution in [3.8, 4) is 0 Å². The van der Waals surface area contributed by atoms with Gasteiger partial charge in [-0.3, -0.25) is 4.90 Å². The molecule has 1 saturated carbocycles. The molecule has 3 fully saturated rings. The Balaban J connectivity index is 1.52. The summed E-state index contributed by atoms with van der Waals surface area (Å²) in [6.07, 6.45) is 7.16. The van der Waals surface area contributed by atoms with E-state index >= 15 is 0 Å². The zero-order valence-corrected chi connectivity index (χ0v) is 13.4. The monoisotopic (exact) mass is 294 g/mol. The number of nitrogens with zero attached hydrogens (tertiary/aromatic N) is 2. The molecule has 2 saturated heterocycles. The smallest absolute Gasteiger partial charge is 0.127 e. The quantitative estimate of drug-likeness (QED) is 0.740. The fraction of sp³-hybridized carbons (Fsp3) is 0.941. The van der Waals surface area contributed by atoms with Gasteiger partial charge in [0.25, 0.3) is 0 Å². The Kier molecular flexibility index (Phi) is 4.97. The van der Waals surface area contributed by atoms with E-state index in [2.05, 4.69) is 16.7 Å². The minimum atomic E-state index is -0.0492. The first-order valence-corrected chi connectivity index (χ1v) is 8.71. The minimum Gasteiger partial charge on any atom is -0.379 e. The van der Waals surface area contributed by atoms with E-state index in [-0.39, 0.29) is 5.41 Å². The van der Waals surface area contributed by atoms with E-state index in [0.717, 1.165) is 64.7 Å². The van der Waals surface area contributed by atoms with E-state index < -0.39 is 0 Å². The van der Waals surface area contributed by atoms with Gasteiger partial charge in [0.15, 0.2) is 0 Å². The fourth-order valence-corrected chi connectivity index (χ4v) is 4.29. The van der Waals surface area contributed by atoms with Crippen molar-refractivity contribution in [1.82, 2.24) is 9.80 Å². The van der Waals surface area contributed by atoms with Crippen LogP contribution in [0.2, 0.25) is 0 Å². The summed E-state index contributed by atoms with van der Waals surface area (Å²) in [7, 11) is 0.